The first-order valence-electron chi connectivity index (χ1n) is 14.0. The fourth-order valence-corrected chi connectivity index (χ4v) is 4.60. The van der Waals surface area contributed by atoms with Gasteiger partial charge in [0, 0.05) is 24.1 Å². The number of carboxylic acid groups (broad SMARTS) is 1. The summed E-state index contributed by atoms with van der Waals surface area (Å²) in [6.07, 6.45) is 7.04. The van der Waals surface area contributed by atoms with Gasteiger partial charge in [-0.1, -0.05) is 65.2 Å². The van der Waals surface area contributed by atoms with Crippen molar-refractivity contribution in [3.05, 3.63) is 77.0 Å². The highest BCUT2D eigenvalue weighted by Crippen LogP contribution is 2.35. The minimum atomic E-state index is -0.941. The molecule has 0 unspecified atom stereocenters. The maximum absolute atomic E-state index is 14.8. The Balaban J connectivity index is 0.00000101. The summed E-state index contributed by atoms with van der Waals surface area (Å²) in [7, 11) is 1.50. The van der Waals surface area contributed by atoms with Crippen LogP contribution in [0.2, 0.25) is 0 Å². The fourth-order valence-electron chi connectivity index (χ4n) is 4.60. The van der Waals surface area contributed by atoms with Crippen molar-refractivity contribution in [3.63, 3.8) is 0 Å². The zero-order chi connectivity index (χ0) is 29.3. The lowest BCUT2D eigenvalue weighted by Gasteiger charge is -2.26. The number of rotatable bonds is 12. The Labute approximate surface area is 236 Å². The number of pyridine rings is 1. The number of ether oxygens (including phenoxy) is 2. The summed E-state index contributed by atoms with van der Waals surface area (Å²) in [5, 5.41) is 8.90. The van der Waals surface area contributed by atoms with Crippen molar-refractivity contribution >= 4 is 5.97 Å². The van der Waals surface area contributed by atoms with Crippen LogP contribution in [0.1, 0.15) is 76.5 Å². The van der Waals surface area contributed by atoms with E-state index in [1.54, 1.807) is 12.1 Å². The molecular weight excluding hydrogens is 512 g/mol. The van der Waals surface area contributed by atoms with Gasteiger partial charge < -0.3 is 14.6 Å². The summed E-state index contributed by atoms with van der Waals surface area (Å²) in [6, 6.07) is 11.6. The van der Waals surface area contributed by atoms with E-state index in [1.165, 1.54) is 32.1 Å². The normalized spacial score (nSPS) is 12.9. The second-order valence-corrected chi connectivity index (χ2v) is 11.4. The molecule has 0 radical (unpaired) electrons. The number of carboxylic acids is 1. The van der Waals surface area contributed by atoms with E-state index in [0.29, 0.717) is 22.8 Å². The van der Waals surface area contributed by atoms with Crippen molar-refractivity contribution in [3.8, 4) is 22.8 Å². The van der Waals surface area contributed by atoms with Crippen LogP contribution in [0.25, 0.3) is 11.1 Å². The molecule has 5 nitrogen and oxygen atoms in total. The molecule has 216 valence electrons. The highest BCUT2D eigenvalue weighted by molar-refractivity contribution is 5.69. The molecule has 1 aromatic heterocycles. The van der Waals surface area contributed by atoms with Crippen LogP contribution in [0.15, 0.2) is 48.7 Å². The minimum Gasteiger partial charge on any atom is -0.489 e. The topological polar surface area (TPSA) is 68.7 Å². The standard InChI is InChI=1S/C29H33F2NO4.C4H8/c1-5-10-29(2,3)16-21-11-20(6-8-24(21)25-15-27(35-4)32-17-26(25)31)18-36-23-13-19(7-9-28(33)34)12-22(30)14-23;1-4-2-3-4/h6,8,11-15,17H,5,7,9-10,16,18H2,1-4H3,(H,33,34);4H,2-3H2,1H3. The number of hydrogen-bond acceptors (Lipinski definition) is 4. The highest BCUT2D eigenvalue weighted by Gasteiger charge is 2.21. The van der Waals surface area contributed by atoms with Crippen LogP contribution in [0.4, 0.5) is 8.78 Å². The number of methoxy groups -OCH3 is 1. The van der Waals surface area contributed by atoms with Crippen molar-refractivity contribution in [2.45, 2.75) is 79.2 Å². The summed E-state index contributed by atoms with van der Waals surface area (Å²) in [5.74, 6) is -0.0985. The Morgan fingerprint density at radius 2 is 1.80 bits per heavy atom. The molecule has 40 heavy (non-hydrogen) atoms. The van der Waals surface area contributed by atoms with E-state index in [2.05, 4.69) is 32.7 Å². The second kappa shape index (κ2) is 14.2. The molecule has 1 saturated carbocycles. The molecule has 2 aromatic carbocycles. The van der Waals surface area contributed by atoms with Crippen LogP contribution >= 0.6 is 0 Å². The van der Waals surface area contributed by atoms with Crippen molar-refractivity contribution < 1.29 is 28.2 Å². The number of halogens is 2. The molecule has 1 N–H and O–H groups in total. The highest BCUT2D eigenvalue weighted by atomic mass is 19.1. The number of aromatic nitrogens is 1. The van der Waals surface area contributed by atoms with Gasteiger partial charge in [0.05, 0.1) is 13.3 Å². The number of aliphatic carboxylic acids is 1. The van der Waals surface area contributed by atoms with Crippen LogP contribution in [0.5, 0.6) is 11.6 Å². The van der Waals surface area contributed by atoms with Crippen LogP contribution in [-0.2, 0) is 24.2 Å². The number of aryl methyl sites for hydroxylation is 1. The van der Waals surface area contributed by atoms with Gasteiger partial charge in [0.1, 0.15) is 24.0 Å². The van der Waals surface area contributed by atoms with Crippen LogP contribution in [-0.4, -0.2) is 23.2 Å². The average molecular weight is 554 g/mol. The monoisotopic (exact) mass is 553 g/mol. The Kier molecular flexibility index (Phi) is 11.1. The molecule has 4 rings (SSSR count). The van der Waals surface area contributed by atoms with Gasteiger partial charge in [0.2, 0.25) is 5.88 Å². The maximum Gasteiger partial charge on any atom is 0.303 e. The first-order valence-corrected chi connectivity index (χ1v) is 14.0. The van der Waals surface area contributed by atoms with Gasteiger partial charge in [-0.05, 0) is 65.0 Å². The van der Waals surface area contributed by atoms with Gasteiger partial charge in [0.25, 0.3) is 0 Å². The molecule has 1 fully saturated rings. The zero-order valence-corrected chi connectivity index (χ0v) is 24.2. The molecular formula is C33H41F2NO4. The molecule has 1 heterocycles. The molecule has 1 aliphatic rings. The van der Waals surface area contributed by atoms with Gasteiger partial charge in [0.15, 0.2) is 0 Å². The molecule has 0 bridgehead atoms. The summed E-state index contributed by atoms with van der Waals surface area (Å²) < 4.78 is 39.9. The third kappa shape index (κ3) is 9.92. The van der Waals surface area contributed by atoms with Crippen molar-refractivity contribution in [2.24, 2.45) is 11.3 Å². The maximum atomic E-state index is 14.8. The summed E-state index contributed by atoms with van der Waals surface area (Å²) >= 11 is 0. The predicted octanol–water partition coefficient (Wildman–Crippen LogP) is 8.42. The molecule has 0 amide bonds. The van der Waals surface area contributed by atoms with Crippen LogP contribution in [0, 0.1) is 23.0 Å². The van der Waals surface area contributed by atoms with Crippen molar-refractivity contribution in [1.82, 2.24) is 4.98 Å². The quantitative estimate of drug-likeness (QED) is 0.244. The molecule has 0 aliphatic heterocycles. The molecule has 7 heteroatoms. The van der Waals surface area contributed by atoms with E-state index < -0.39 is 17.6 Å². The fraction of sp³-hybridized carbons (Fsp3) is 0.455. The molecule has 0 saturated heterocycles. The van der Waals surface area contributed by atoms with E-state index in [4.69, 9.17) is 14.6 Å². The van der Waals surface area contributed by atoms with Gasteiger partial charge in [-0.25, -0.2) is 13.8 Å². The molecule has 1 aliphatic carbocycles. The first kappa shape index (κ1) is 31.1. The molecule has 0 atom stereocenters. The zero-order valence-electron chi connectivity index (χ0n) is 24.2. The lowest BCUT2D eigenvalue weighted by atomic mass is 9.79. The molecule has 3 aromatic rings. The van der Waals surface area contributed by atoms with Gasteiger partial charge in [-0.2, -0.15) is 0 Å². The summed E-state index contributed by atoms with van der Waals surface area (Å²) in [4.78, 5) is 14.8. The van der Waals surface area contributed by atoms with Gasteiger partial charge in [-0.15, -0.1) is 0 Å². The van der Waals surface area contributed by atoms with Crippen LogP contribution < -0.4 is 9.47 Å². The van der Waals surface area contributed by atoms with E-state index in [0.717, 1.165) is 48.1 Å². The third-order valence-electron chi connectivity index (χ3n) is 6.93. The molecule has 0 spiro atoms. The minimum absolute atomic E-state index is 0.00181. The Morgan fingerprint density at radius 1 is 1.07 bits per heavy atom. The van der Waals surface area contributed by atoms with Crippen LogP contribution in [0.3, 0.4) is 0 Å². The van der Waals surface area contributed by atoms with E-state index in [1.807, 2.05) is 18.2 Å². The van der Waals surface area contributed by atoms with Crippen molar-refractivity contribution in [1.29, 1.82) is 0 Å². The summed E-state index contributed by atoms with van der Waals surface area (Å²) in [6.45, 7) is 8.99. The SMILES string of the molecule is CC1CC1.CCCC(C)(C)Cc1cc(COc2cc(F)cc(CCC(=O)O)c2)ccc1-c1cc(OC)ncc1F. The van der Waals surface area contributed by atoms with Gasteiger partial charge >= 0.3 is 5.97 Å². The largest absolute Gasteiger partial charge is 0.489 e. The first-order chi connectivity index (χ1) is 19.0. The number of hydrogen-bond donors (Lipinski definition) is 1. The lowest BCUT2D eigenvalue weighted by molar-refractivity contribution is -0.136. The third-order valence-corrected chi connectivity index (χ3v) is 6.93. The average Bonchev–Trinajstić information content (AvgIpc) is 3.68. The summed E-state index contributed by atoms with van der Waals surface area (Å²) in [5.41, 5.74) is 3.58. The van der Waals surface area contributed by atoms with Crippen molar-refractivity contribution in [2.75, 3.05) is 7.11 Å². The number of carbonyl (C=O) groups is 1. The number of nitrogens with zero attached hydrogens (tertiary/aromatic N) is 1. The Bertz CT molecular complexity index is 1290. The van der Waals surface area contributed by atoms with E-state index >= 15 is 0 Å². The second-order valence-electron chi connectivity index (χ2n) is 11.4. The lowest BCUT2D eigenvalue weighted by Crippen LogP contribution is -2.15. The smallest absolute Gasteiger partial charge is 0.303 e. The predicted molar refractivity (Wildman–Crippen MR) is 154 cm³/mol. The Hall–Kier alpha value is -3.48. The van der Waals surface area contributed by atoms with E-state index in [-0.39, 0.29) is 24.9 Å². The van der Waals surface area contributed by atoms with Gasteiger partial charge in [-0.3, -0.25) is 4.79 Å². The Morgan fingerprint density at radius 3 is 2.42 bits per heavy atom. The number of benzene rings is 2. The van der Waals surface area contributed by atoms with E-state index in [9.17, 15) is 13.6 Å².